The molecule has 0 spiro atoms. The molecular weight excluding hydrogens is 427 g/mol. The number of hydrogen-bond acceptors (Lipinski definition) is 5. The molecule has 0 aliphatic carbocycles. The van der Waals surface area contributed by atoms with Crippen molar-refractivity contribution in [3.8, 4) is 5.75 Å². The van der Waals surface area contributed by atoms with Gasteiger partial charge in [-0.1, -0.05) is 47.5 Å². The number of carbonyl (C=O) groups is 1. The minimum Gasteiger partial charge on any atom is -0.486 e. The van der Waals surface area contributed by atoms with Gasteiger partial charge in [0, 0.05) is 10.0 Å². The van der Waals surface area contributed by atoms with E-state index in [2.05, 4.69) is 15.4 Å². The molecule has 9 heteroatoms. The number of furan rings is 1. The fraction of sp³-hybridized carbons (Fsp3) is 0.0952. The van der Waals surface area contributed by atoms with Gasteiger partial charge >= 0.3 is 0 Å². The molecule has 0 fully saturated rings. The van der Waals surface area contributed by atoms with E-state index in [4.69, 9.17) is 32.4 Å². The Labute approximate surface area is 182 Å². The maximum Gasteiger partial charge on any atom is 0.293 e. The van der Waals surface area contributed by atoms with Gasteiger partial charge in [-0.05, 0) is 42.0 Å². The fourth-order valence-corrected chi connectivity index (χ4v) is 3.06. The molecule has 1 N–H and O–H groups in total. The molecule has 2 aromatic carbocycles. The van der Waals surface area contributed by atoms with Crippen LogP contribution in [-0.2, 0) is 13.2 Å². The van der Waals surface area contributed by atoms with Crippen LogP contribution in [0.25, 0.3) is 0 Å². The number of hydrogen-bond donors (Lipinski definition) is 1. The van der Waals surface area contributed by atoms with E-state index in [0.717, 1.165) is 5.56 Å². The summed E-state index contributed by atoms with van der Waals surface area (Å²) in [4.78, 5) is 16.5. The Balaban J connectivity index is 1.34. The maximum absolute atomic E-state index is 12.4. The van der Waals surface area contributed by atoms with Crippen molar-refractivity contribution < 1.29 is 13.9 Å². The van der Waals surface area contributed by atoms with Crippen LogP contribution in [0.15, 0.2) is 71.4 Å². The van der Waals surface area contributed by atoms with Gasteiger partial charge in [-0.15, -0.1) is 5.10 Å². The van der Waals surface area contributed by atoms with Crippen LogP contribution in [0.5, 0.6) is 5.75 Å². The molecule has 152 valence electrons. The summed E-state index contributed by atoms with van der Waals surface area (Å²) in [5.41, 5.74) is 0.900. The molecule has 1 amide bonds. The minimum absolute atomic E-state index is 0.127. The number of aromatic nitrogens is 3. The highest BCUT2D eigenvalue weighted by Gasteiger charge is 2.14. The van der Waals surface area contributed by atoms with Gasteiger partial charge in [0.15, 0.2) is 5.76 Å². The highest BCUT2D eigenvalue weighted by molar-refractivity contribution is 6.31. The minimum atomic E-state index is -0.459. The van der Waals surface area contributed by atoms with E-state index in [0.29, 0.717) is 28.1 Å². The summed E-state index contributed by atoms with van der Waals surface area (Å²) < 4.78 is 12.7. The molecule has 2 heterocycles. The fourth-order valence-electron chi connectivity index (χ4n) is 2.68. The van der Waals surface area contributed by atoms with Crippen molar-refractivity contribution in [3.63, 3.8) is 0 Å². The molecule has 0 aliphatic rings. The Kier molecular flexibility index (Phi) is 6.02. The van der Waals surface area contributed by atoms with Crippen LogP contribution in [0.1, 0.15) is 21.9 Å². The number of carbonyl (C=O) groups excluding carboxylic acids is 1. The summed E-state index contributed by atoms with van der Waals surface area (Å²) in [6, 6.07) is 17.7. The summed E-state index contributed by atoms with van der Waals surface area (Å²) in [5, 5.41) is 8.06. The first kappa shape index (κ1) is 20.0. The Morgan fingerprint density at radius 1 is 1.10 bits per heavy atom. The molecule has 30 heavy (non-hydrogen) atoms. The Bertz CT molecular complexity index is 1170. The van der Waals surface area contributed by atoms with Gasteiger partial charge in [0.1, 0.15) is 24.4 Å². The number of anilines is 1. The number of rotatable bonds is 7. The summed E-state index contributed by atoms with van der Waals surface area (Å²) >= 11 is 12.1. The zero-order chi connectivity index (χ0) is 20.9. The van der Waals surface area contributed by atoms with Crippen molar-refractivity contribution in [2.45, 2.75) is 13.2 Å². The smallest absolute Gasteiger partial charge is 0.293 e. The van der Waals surface area contributed by atoms with Gasteiger partial charge in [-0.2, -0.15) is 0 Å². The number of halogens is 2. The average Bonchev–Trinajstić information content (AvgIpc) is 3.38. The Morgan fingerprint density at radius 3 is 2.80 bits per heavy atom. The molecule has 7 nitrogen and oxygen atoms in total. The quantitative estimate of drug-likeness (QED) is 0.432. The van der Waals surface area contributed by atoms with Gasteiger partial charge < -0.3 is 9.15 Å². The molecule has 0 unspecified atom stereocenters. The number of nitrogens with zero attached hydrogens (tertiary/aromatic N) is 3. The van der Waals surface area contributed by atoms with Crippen LogP contribution in [0.3, 0.4) is 0 Å². The first-order chi connectivity index (χ1) is 14.6. The van der Waals surface area contributed by atoms with Crippen LogP contribution in [0, 0.1) is 0 Å². The molecule has 4 aromatic rings. The van der Waals surface area contributed by atoms with Gasteiger partial charge in [0.2, 0.25) is 5.95 Å². The lowest BCUT2D eigenvalue weighted by Crippen LogP contribution is -2.12. The number of ether oxygens (including phenoxy) is 1. The van der Waals surface area contributed by atoms with Gasteiger partial charge in [-0.25, -0.2) is 9.67 Å². The zero-order valence-electron chi connectivity index (χ0n) is 15.6. The van der Waals surface area contributed by atoms with Crippen LogP contribution in [0.4, 0.5) is 5.95 Å². The van der Waals surface area contributed by atoms with Crippen LogP contribution in [-0.4, -0.2) is 20.7 Å². The summed E-state index contributed by atoms with van der Waals surface area (Å²) in [5.74, 6) is 0.942. The van der Waals surface area contributed by atoms with E-state index < -0.39 is 5.91 Å². The lowest BCUT2D eigenvalue weighted by Gasteiger charge is -2.04. The predicted molar refractivity (Wildman–Crippen MR) is 113 cm³/mol. The highest BCUT2D eigenvalue weighted by Crippen LogP contribution is 2.19. The lowest BCUT2D eigenvalue weighted by molar-refractivity contribution is 0.0991. The first-order valence-corrected chi connectivity index (χ1v) is 9.74. The number of nitrogens with one attached hydrogen (secondary N) is 1. The van der Waals surface area contributed by atoms with E-state index >= 15 is 0 Å². The van der Waals surface area contributed by atoms with E-state index in [9.17, 15) is 4.79 Å². The molecule has 0 saturated heterocycles. The summed E-state index contributed by atoms with van der Waals surface area (Å²) in [7, 11) is 0. The normalized spacial score (nSPS) is 10.7. The van der Waals surface area contributed by atoms with Crippen molar-refractivity contribution in [3.05, 3.63) is 94.1 Å². The van der Waals surface area contributed by atoms with E-state index in [1.807, 2.05) is 18.2 Å². The monoisotopic (exact) mass is 442 g/mol. The van der Waals surface area contributed by atoms with Crippen molar-refractivity contribution >= 4 is 35.1 Å². The van der Waals surface area contributed by atoms with Gasteiger partial charge in [-0.3, -0.25) is 10.1 Å². The largest absolute Gasteiger partial charge is 0.486 e. The van der Waals surface area contributed by atoms with Crippen LogP contribution < -0.4 is 10.1 Å². The van der Waals surface area contributed by atoms with Crippen molar-refractivity contribution in [2.75, 3.05) is 5.32 Å². The number of amides is 1. The number of benzene rings is 2. The lowest BCUT2D eigenvalue weighted by atomic mass is 10.2. The van der Waals surface area contributed by atoms with E-state index in [-0.39, 0.29) is 18.3 Å². The third-order valence-electron chi connectivity index (χ3n) is 4.11. The third-order valence-corrected chi connectivity index (χ3v) is 4.72. The highest BCUT2D eigenvalue weighted by atomic mass is 35.5. The molecule has 0 atom stereocenters. The van der Waals surface area contributed by atoms with Crippen molar-refractivity contribution in [1.29, 1.82) is 0 Å². The second-order valence-electron chi connectivity index (χ2n) is 6.32. The van der Waals surface area contributed by atoms with Gasteiger partial charge in [0.05, 0.1) is 6.54 Å². The molecule has 2 aromatic heterocycles. The Morgan fingerprint density at radius 2 is 1.97 bits per heavy atom. The molecular formula is C21H16Cl2N4O3. The third kappa shape index (κ3) is 5.00. The average molecular weight is 443 g/mol. The molecule has 4 rings (SSSR count). The predicted octanol–water partition coefficient (Wildman–Crippen LogP) is 5.06. The molecule has 0 aliphatic heterocycles. The van der Waals surface area contributed by atoms with Crippen LogP contribution in [0.2, 0.25) is 10.0 Å². The first-order valence-electron chi connectivity index (χ1n) is 8.98. The summed E-state index contributed by atoms with van der Waals surface area (Å²) in [6.07, 6.45) is 1.52. The molecule has 0 saturated carbocycles. The van der Waals surface area contributed by atoms with E-state index in [1.54, 1.807) is 47.1 Å². The summed E-state index contributed by atoms with van der Waals surface area (Å²) in [6.45, 7) is 0.604. The standard InChI is InChI=1S/C21H16Cl2N4O3/c22-15-5-3-6-16(10-15)29-12-17-8-9-19(30-17)20(28)25-21-24-13-27(26-21)11-14-4-1-2-7-18(14)23/h1-10,13H,11-12H2,(H,25,26,28). The van der Waals surface area contributed by atoms with E-state index in [1.165, 1.54) is 6.33 Å². The maximum atomic E-state index is 12.4. The molecule has 0 radical (unpaired) electrons. The second kappa shape index (κ2) is 9.02. The SMILES string of the molecule is O=C(Nc1ncn(Cc2ccccc2Cl)n1)c1ccc(COc2cccc(Cl)c2)o1. The second-order valence-corrected chi connectivity index (χ2v) is 7.17. The molecule has 0 bridgehead atoms. The topological polar surface area (TPSA) is 82.2 Å². The zero-order valence-corrected chi connectivity index (χ0v) is 17.1. The van der Waals surface area contributed by atoms with Crippen molar-refractivity contribution in [1.82, 2.24) is 14.8 Å². The van der Waals surface area contributed by atoms with Crippen LogP contribution >= 0.6 is 23.2 Å². The van der Waals surface area contributed by atoms with Crippen molar-refractivity contribution in [2.24, 2.45) is 0 Å². The van der Waals surface area contributed by atoms with Gasteiger partial charge in [0.25, 0.3) is 5.91 Å². The Hall–Kier alpha value is -3.29.